The van der Waals surface area contributed by atoms with Gasteiger partial charge < -0.3 is 15.1 Å². The third-order valence-corrected chi connectivity index (χ3v) is 5.11. The summed E-state index contributed by atoms with van der Waals surface area (Å²) < 4.78 is 5.78. The van der Waals surface area contributed by atoms with Crippen molar-refractivity contribution in [1.82, 2.24) is 15.5 Å². The van der Waals surface area contributed by atoms with Crippen LogP contribution in [0.5, 0.6) is 0 Å². The fourth-order valence-electron chi connectivity index (χ4n) is 3.34. The van der Waals surface area contributed by atoms with Crippen molar-refractivity contribution in [3.05, 3.63) is 71.5 Å². The number of rotatable bonds is 5. The fourth-order valence-corrected chi connectivity index (χ4v) is 3.34. The first-order valence-corrected chi connectivity index (χ1v) is 9.32. The van der Waals surface area contributed by atoms with E-state index in [0.29, 0.717) is 17.9 Å². The minimum Gasteiger partial charge on any atom is -0.458 e. The summed E-state index contributed by atoms with van der Waals surface area (Å²) in [5.41, 5.74) is 1.34. The molecule has 0 saturated carbocycles. The summed E-state index contributed by atoms with van der Waals surface area (Å²) in [5, 5.41) is 6.23. The van der Waals surface area contributed by atoms with E-state index in [4.69, 9.17) is 4.42 Å². The van der Waals surface area contributed by atoms with E-state index in [2.05, 4.69) is 10.6 Å². The Bertz CT molecular complexity index is 1070. The monoisotopic (exact) mass is 391 g/mol. The number of carbonyl (C=O) groups is 3. The predicted molar refractivity (Wildman–Crippen MR) is 107 cm³/mol. The molecule has 29 heavy (non-hydrogen) atoms. The number of hydrogen-bond acceptors (Lipinski definition) is 4. The van der Waals surface area contributed by atoms with Crippen LogP contribution in [-0.4, -0.2) is 29.3 Å². The molecule has 0 bridgehead atoms. The lowest BCUT2D eigenvalue weighted by Crippen LogP contribution is -2.43. The zero-order valence-corrected chi connectivity index (χ0v) is 16.2. The third-order valence-electron chi connectivity index (χ3n) is 5.11. The Labute approximate surface area is 167 Å². The van der Waals surface area contributed by atoms with Crippen molar-refractivity contribution in [2.45, 2.75) is 25.9 Å². The molecule has 0 radical (unpaired) electrons. The molecule has 1 aliphatic rings. The molecule has 4 rings (SSSR count). The van der Waals surface area contributed by atoms with E-state index in [1.165, 1.54) is 0 Å². The standard InChI is InChI=1S/C22H21N3O4/c1-14-7-9-15(10-8-14)12-23-19(26)13-25-20(27)22(2,24-21(25)28)18-11-16-5-3-4-6-17(16)29-18/h3-11H,12-13H2,1-2H3,(H,23,26)(H,24,28). The van der Waals surface area contributed by atoms with E-state index in [1.807, 2.05) is 49.4 Å². The molecule has 7 heteroatoms. The minimum absolute atomic E-state index is 0.323. The lowest BCUT2D eigenvalue weighted by Gasteiger charge is -2.18. The molecule has 2 N–H and O–H groups in total. The van der Waals surface area contributed by atoms with E-state index in [-0.39, 0.29) is 6.54 Å². The van der Waals surface area contributed by atoms with Gasteiger partial charge in [0.25, 0.3) is 5.91 Å². The van der Waals surface area contributed by atoms with Crippen molar-refractivity contribution in [2.24, 2.45) is 0 Å². The van der Waals surface area contributed by atoms with Gasteiger partial charge in [-0.1, -0.05) is 48.0 Å². The lowest BCUT2D eigenvalue weighted by atomic mass is 9.99. The number of imide groups is 1. The van der Waals surface area contributed by atoms with Gasteiger partial charge in [-0.25, -0.2) is 4.79 Å². The van der Waals surface area contributed by atoms with Crippen LogP contribution in [0.1, 0.15) is 23.8 Å². The van der Waals surface area contributed by atoms with Gasteiger partial charge >= 0.3 is 6.03 Å². The van der Waals surface area contributed by atoms with Crippen LogP contribution in [0.15, 0.2) is 59.0 Å². The molecule has 3 aromatic rings. The van der Waals surface area contributed by atoms with Gasteiger partial charge in [0.1, 0.15) is 17.9 Å². The second-order valence-electron chi connectivity index (χ2n) is 7.36. The number of hydrogen-bond donors (Lipinski definition) is 2. The van der Waals surface area contributed by atoms with Gasteiger partial charge in [0.15, 0.2) is 5.54 Å². The van der Waals surface area contributed by atoms with Gasteiger partial charge in [0, 0.05) is 11.9 Å². The van der Waals surface area contributed by atoms with Crippen LogP contribution >= 0.6 is 0 Å². The van der Waals surface area contributed by atoms with Gasteiger partial charge in [-0.05, 0) is 31.5 Å². The summed E-state index contributed by atoms with van der Waals surface area (Å²) in [6.45, 7) is 3.53. The fraction of sp³-hybridized carbons (Fsp3) is 0.227. The molecule has 0 aliphatic carbocycles. The molecule has 1 saturated heterocycles. The molecular formula is C22H21N3O4. The molecule has 7 nitrogen and oxygen atoms in total. The highest BCUT2D eigenvalue weighted by Crippen LogP contribution is 2.32. The van der Waals surface area contributed by atoms with Crippen LogP contribution in [0, 0.1) is 6.92 Å². The van der Waals surface area contributed by atoms with Crippen molar-refractivity contribution < 1.29 is 18.8 Å². The average molecular weight is 391 g/mol. The van der Waals surface area contributed by atoms with Gasteiger partial charge in [0.05, 0.1) is 0 Å². The maximum Gasteiger partial charge on any atom is 0.325 e. The number of nitrogens with one attached hydrogen (secondary N) is 2. The van der Waals surface area contributed by atoms with Crippen LogP contribution in [0.25, 0.3) is 11.0 Å². The average Bonchev–Trinajstić information content (AvgIpc) is 3.23. The highest BCUT2D eigenvalue weighted by atomic mass is 16.3. The Morgan fingerprint density at radius 3 is 2.59 bits per heavy atom. The molecule has 4 amide bonds. The van der Waals surface area contributed by atoms with Crippen molar-refractivity contribution in [2.75, 3.05) is 6.54 Å². The number of aryl methyl sites for hydroxylation is 1. The van der Waals surface area contributed by atoms with Crippen LogP contribution in [-0.2, 0) is 21.7 Å². The molecule has 0 spiro atoms. The van der Waals surface area contributed by atoms with E-state index in [0.717, 1.165) is 21.4 Å². The van der Waals surface area contributed by atoms with Crippen molar-refractivity contribution in [3.8, 4) is 0 Å². The van der Waals surface area contributed by atoms with E-state index in [1.54, 1.807) is 19.1 Å². The first-order chi connectivity index (χ1) is 13.9. The number of para-hydroxylation sites is 1. The Morgan fingerprint density at radius 2 is 1.86 bits per heavy atom. The molecule has 2 heterocycles. The predicted octanol–water partition coefficient (Wildman–Crippen LogP) is 2.82. The number of urea groups is 1. The van der Waals surface area contributed by atoms with E-state index < -0.39 is 23.4 Å². The number of furan rings is 1. The second kappa shape index (κ2) is 7.09. The molecule has 1 aromatic heterocycles. The normalized spacial score (nSPS) is 18.9. The van der Waals surface area contributed by atoms with Crippen LogP contribution < -0.4 is 10.6 Å². The molecule has 1 aliphatic heterocycles. The van der Waals surface area contributed by atoms with Gasteiger partial charge in [0.2, 0.25) is 5.91 Å². The largest absolute Gasteiger partial charge is 0.458 e. The summed E-state index contributed by atoms with van der Waals surface area (Å²) in [6.07, 6.45) is 0. The van der Waals surface area contributed by atoms with Gasteiger partial charge in [-0.2, -0.15) is 0 Å². The van der Waals surface area contributed by atoms with Crippen LogP contribution in [0.2, 0.25) is 0 Å². The highest BCUT2D eigenvalue weighted by Gasteiger charge is 2.51. The van der Waals surface area contributed by atoms with Gasteiger partial charge in [-0.15, -0.1) is 0 Å². The Kier molecular flexibility index (Phi) is 4.58. The molecule has 2 aromatic carbocycles. The number of fused-ring (bicyclic) bond motifs is 1. The van der Waals surface area contributed by atoms with Crippen LogP contribution in [0.4, 0.5) is 4.79 Å². The number of benzene rings is 2. The van der Waals surface area contributed by atoms with E-state index >= 15 is 0 Å². The SMILES string of the molecule is Cc1ccc(CNC(=O)CN2C(=O)NC(C)(c3cc4ccccc4o3)C2=O)cc1. The molecule has 1 fully saturated rings. The maximum atomic E-state index is 13.0. The summed E-state index contributed by atoms with van der Waals surface area (Å²) in [4.78, 5) is 38.6. The first-order valence-electron chi connectivity index (χ1n) is 9.32. The Morgan fingerprint density at radius 1 is 1.14 bits per heavy atom. The number of carbonyl (C=O) groups excluding carboxylic acids is 3. The van der Waals surface area contributed by atoms with Crippen molar-refractivity contribution in [1.29, 1.82) is 0 Å². The summed E-state index contributed by atoms with van der Waals surface area (Å²) in [6, 6.07) is 16.2. The molecule has 1 atom stereocenters. The molecule has 148 valence electrons. The number of amides is 4. The molecule has 1 unspecified atom stereocenters. The second-order valence-corrected chi connectivity index (χ2v) is 7.36. The zero-order valence-electron chi connectivity index (χ0n) is 16.2. The maximum absolute atomic E-state index is 13.0. The van der Waals surface area contributed by atoms with Gasteiger partial charge in [-0.3, -0.25) is 14.5 Å². The van der Waals surface area contributed by atoms with Crippen molar-refractivity contribution in [3.63, 3.8) is 0 Å². The van der Waals surface area contributed by atoms with Crippen molar-refractivity contribution >= 4 is 28.8 Å². The van der Waals surface area contributed by atoms with Crippen LogP contribution in [0.3, 0.4) is 0 Å². The summed E-state index contributed by atoms with van der Waals surface area (Å²) in [7, 11) is 0. The summed E-state index contributed by atoms with van der Waals surface area (Å²) in [5.74, 6) is -0.602. The highest BCUT2D eigenvalue weighted by molar-refractivity contribution is 6.09. The third kappa shape index (κ3) is 3.47. The quantitative estimate of drug-likeness (QED) is 0.654. The lowest BCUT2D eigenvalue weighted by molar-refractivity contribution is -0.135. The first kappa shape index (κ1) is 18.7. The summed E-state index contributed by atoms with van der Waals surface area (Å²) >= 11 is 0. The topological polar surface area (TPSA) is 91.7 Å². The Balaban J connectivity index is 1.46. The Hall–Kier alpha value is -3.61. The minimum atomic E-state index is -1.35. The smallest absolute Gasteiger partial charge is 0.325 e. The van der Waals surface area contributed by atoms with E-state index in [9.17, 15) is 14.4 Å². The number of nitrogens with zero attached hydrogens (tertiary/aromatic N) is 1. The molecular weight excluding hydrogens is 370 g/mol. The zero-order chi connectivity index (χ0) is 20.6.